The molecule has 2 aliphatic rings. The number of nitrogens with zero attached hydrogens (tertiary/aromatic N) is 2. The third-order valence-corrected chi connectivity index (χ3v) is 13.4. The van der Waals surface area contributed by atoms with Crippen LogP contribution in [0.1, 0.15) is 83.8 Å². The number of nitrogens with one attached hydrogen (secondary N) is 1. The molecular weight excluding hydrogens is 535 g/mol. The minimum atomic E-state index is -2.10. The van der Waals surface area contributed by atoms with Crippen molar-refractivity contribution in [2.75, 3.05) is 31.7 Å². The molecule has 1 amide bonds. The molecule has 0 spiro atoms. The monoisotopic (exact) mass is 584 g/mol. The van der Waals surface area contributed by atoms with Gasteiger partial charge in [-0.3, -0.25) is 9.48 Å². The van der Waals surface area contributed by atoms with Crippen LogP contribution in [0, 0.1) is 11.3 Å². The predicted octanol–water partition coefficient (Wildman–Crippen LogP) is 5.35. The van der Waals surface area contributed by atoms with Crippen LogP contribution < -0.4 is 16.5 Å². The lowest BCUT2D eigenvalue weighted by atomic mass is 9.70. The number of benzene rings is 1. The van der Waals surface area contributed by atoms with Gasteiger partial charge in [-0.05, 0) is 67.5 Å². The van der Waals surface area contributed by atoms with Crippen LogP contribution in [0.25, 0.3) is 0 Å². The fraction of sp³-hybridized carbons (Fsp3) is 0.667. The molecule has 0 aliphatic carbocycles. The van der Waals surface area contributed by atoms with Crippen molar-refractivity contribution in [1.29, 1.82) is 0 Å². The molecule has 2 atom stereocenters. The highest BCUT2D eigenvalue weighted by Crippen LogP contribution is 2.42. The average molecular weight is 585 g/mol. The van der Waals surface area contributed by atoms with E-state index in [1.165, 1.54) is 0 Å². The smallest absolute Gasteiger partial charge is 0.408 e. The summed E-state index contributed by atoms with van der Waals surface area (Å²) in [6.07, 6.45) is 2.66. The Bertz CT molecular complexity index is 1250. The van der Waals surface area contributed by atoms with Crippen molar-refractivity contribution in [3.8, 4) is 0 Å². The summed E-state index contributed by atoms with van der Waals surface area (Å²) in [6.45, 7) is 24.4. The van der Waals surface area contributed by atoms with E-state index >= 15 is 0 Å². The summed E-state index contributed by atoms with van der Waals surface area (Å²) < 4.78 is 27.0. The van der Waals surface area contributed by atoms with E-state index in [0.717, 1.165) is 29.7 Å². The Morgan fingerprint density at radius 3 is 2.44 bits per heavy atom. The number of aromatic nitrogens is 2. The molecule has 4 rings (SSSR count). The molecule has 3 N–H and O–H groups in total. The summed E-state index contributed by atoms with van der Waals surface area (Å²) in [7, 11) is -2.65. The van der Waals surface area contributed by atoms with Crippen molar-refractivity contribution in [3.63, 3.8) is 0 Å². The first-order valence-corrected chi connectivity index (χ1v) is 17.6. The summed E-state index contributed by atoms with van der Waals surface area (Å²) in [6, 6.07) is 6.11. The summed E-state index contributed by atoms with van der Waals surface area (Å²) in [5.41, 5.74) is 8.11. The number of anilines is 2. The molecular formula is C30H49BN4O5Si. The summed E-state index contributed by atoms with van der Waals surface area (Å²) in [4.78, 5) is 12.4. The van der Waals surface area contributed by atoms with E-state index in [2.05, 4.69) is 79.9 Å². The lowest BCUT2D eigenvalue weighted by Crippen LogP contribution is -2.52. The van der Waals surface area contributed by atoms with Gasteiger partial charge in [0, 0.05) is 37.1 Å². The predicted molar refractivity (Wildman–Crippen MR) is 166 cm³/mol. The Morgan fingerprint density at radius 1 is 1.20 bits per heavy atom. The van der Waals surface area contributed by atoms with Crippen molar-refractivity contribution >= 4 is 38.3 Å². The topological polar surface area (TPSA) is 110 Å². The first kappa shape index (κ1) is 31.8. The molecule has 0 radical (unpaired) electrons. The molecule has 2 saturated heterocycles. The third kappa shape index (κ3) is 7.08. The highest BCUT2D eigenvalue weighted by atomic mass is 28.4. The number of amides is 1. The van der Waals surface area contributed by atoms with Gasteiger partial charge in [-0.2, -0.15) is 5.10 Å². The summed E-state index contributed by atoms with van der Waals surface area (Å²) in [5, 5.41) is 8.16. The minimum absolute atomic E-state index is 0.0380. The molecule has 41 heavy (non-hydrogen) atoms. The SMILES string of the molecule is C[C@@H]1CCOC[C@H]1n1cc(C(N)=O)c(Nc2ccc(C(C)(C)O[Si](C)(C)C(C)(C)C)c(B3OCC(C)(C)CO3)c2)n1. The van der Waals surface area contributed by atoms with E-state index in [1.807, 2.05) is 16.8 Å². The molecule has 0 bridgehead atoms. The number of primary amides is 1. The molecule has 3 heterocycles. The Balaban J connectivity index is 1.71. The molecule has 11 heteroatoms. The van der Waals surface area contributed by atoms with Crippen molar-refractivity contribution in [2.45, 2.75) is 91.6 Å². The van der Waals surface area contributed by atoms with E-state index < -0.39 is 26.9 Å². The van der Waals surface area contributed by atoms with Crippen LogP contribution in [-0.4, -0.2) is 57.6 Å². The van der Waals surface area contributed by atoms with Gasteiger partial charge in [0.2, 0.25) is 0 Å². The second kappa shape index (κ2) is 11.5. The van der Waals surface area contributed by atoms with Crippen LogP contribution in [0.15, 0.2) is 24.4 Å². The van der Waals surface area contributed by atoms with Crippen molar-refractivity contribution in [2.24, 2.45) is 17.1 Å². The zero-order chi connectivity index (χ0) is 30.4. The number of nitrogens with two attached hydrogens (primary N) is 1. The molecule has 1 aromatic carbocycles. The lowest BCUT2D eigenvalue weighted by Gasteiger charge is -2.44. The molecule has 0 unspecified atom stereocenters. The van der Waals surface area contributed by atoms with Gasteiger partial charge in [0.15, 0.2) is 14.1 Å². The summed E-state index contributed by atoms with van der Waals surface area (Å²) in [5.74, 6) is 0.249. The van der Waals surface area contributed by atoms with Gasteiger partial charge in [0.25, 0.3) is 5.91 Å². The molecule has 226 valence electrons. The highest BCUT2D eigenvalue weighted by Gasteiger charge is 2.44. The standard InChI is InChI=1S/C30H49BN4O5Si/c1-20-13-14-37-17-25(20)35-16-22(26(32)36)27(34-35)33-21-11-12-23(30(7,8)40-41(9,10)28(2,3)4)24(15-21)31-38-18-29(5,6)19-39-31/h11-12,15-16,20,25H,13-14,17-19H2,1-10H3,(H2,32,36)(H,33,34)/t20-,25-/m1/s1. The Labute approximate surface area is 247 Å². The van der Waals surface area contributed by atoms with Gasteiger partial charge >= 0.3 is 7.12 Å². The molecule has 2 fully saturated rings. The largest absolute Gasteiger partial charge is 0.494 e. The fourth-order valence-corrected chi connectivity index (χ4v) is 6.93. The van der Waals surface area contributed by atoms with E-state index in [0.29, 0.717) is 37.1 Å². The lowest BCUT2D eigenvalue weighted by molar-refractivity contribution is 0.0238. The van der Waals surface area contributed by atoms with Crippen LogP contribution in [0.4, 0.5) is 11.5 Å². The van der Waals surface area contributed by atoms with Gasteiger partial charge in [-0.1, -0.05) is 47.6 Å². The first-order valence-electron chi connectivity index (χ1n) is 14.7. The van der Waals surface area contributed by atoms with E-state index in [-0.39, 0.29) is 16.5 Å². The van der Waals surface area contributed by atoms with Gasteiger partial charge in [-0.15, -0.1) is 0 Å². The normalized spacial score (nSPS) is 22.0. The first-order chi connectivity index (χ1) is 18.9. The Morgan fingerprint density at radius 2 is 1.85 bits per heavy atom. The van der Waals surface area contributed by atoms with E-state index in [1.54, 1.807) is 6.20 Å². The van der Waals surface area contributed by atoms with Gasteiger partial charge in [0.1, 0.15) is 5.56 Å². The highest BCUT2D eigenvalue weighted by molar-refractivity contribution is 6.74. The number of carbonyl (C=O) groups excluding carboxylic acids is 1. The number of hydrogen-bond acceptors (Lipinski definition) is 7. The van der Waals surface area contributed by atoms with Gasteiger partial charge in [-0.25, -0.2) is 0 Å². The second-order valence-electron chi connectivity index (χ2n) is 14.6. The maximum absolute atomic E-state index is 12.4. The van der Waals surface area contributed by atoms with Crippen molar-refractivity contribution < 1.29 is 23.3 Å². The number of ether oxygens (including phenoxy) is 1. The van der Waals surface area contributed by atoms with Crippen LogP contribution in [0.2, 0.25) is 18.1 Å². The Kier molecular flexibility index (Phi) is 8.89. The number of carbonyl (C=O) groups is 1. The molecule has 2 aromatic rings. The summed E-state index contributed by atoms with van der Waals surface area (Å²) >= 11 is 0. The fourth-order valence-electron chi connectivity index (χ4n) is 5.24. The van der Waals surface area contributed by atoms with Gasteiger partial charge < -0.3 is 29.5 Å². The van der Waals surface area contributed by atoms with Crippen molar-refractivity contribution in [3.05, 3.63) is 35.5 Å². The second-order valence-corrected chi connectivity index (χ2v) is 19.3. The van der Waals surface area contributed by atoms with Gasteiger partial charge in [0.05, 0.1) is 18.2 Å². The average Bonchev–Trinajstić information content (AvgIpc) is 3.26. The Hall–Kier alpha value is -2.18. The quantitative estimate of drug-likeness (QED) is 0.403. The molecule has 0 saturated carbocycles. The minimum Gasteiger partial charge on any atom is -0.408 e. The molecule has 9 nitrogen and oxygen atoms in total. The maximum Gasteiger partial charge on any atom is 0.494 e. The van der Waals surface area contributed by atoms with Crippen LogP contribution in [0.3, 0.4) is 0 Å². The van der Waals surface area contributed by atoms with Crippen LogP contribution >= 0.6 is 0 Å². The number of hydrogen-bond donors (Lipinski definition) is 2. The zero-order valence-electron chi connectivity index (χ0n) is 26.6. The maximum atomic E-state index is 12.4. The van der Waals surface area contributed by atoms with Crippen LogP contribution in [-0.2, 0) is 24.1 Å². The molecule has 2 aliphatic heterocycles. The molecule has 1 aromatic heterocycles. The van der Waals surface area contributed by atoms with E-state index in [4.69, 9.17) is 29.3 Å². The van der Waals surface area contributed by atoms with E-state index in [9.17, 15) is 4.79 Å². The third-order valence-electron chi connectivity index (χ3n) is 8.78. The van der Waals surface area contributed by atoms with Crippen LogP contribution in [0.5, 0.6) is 0 Å². The number of rotatable bonds is 8. The van der Waals surface area contributed by atoms with Crippen molar-refractivity contribution in [1.82, 2.24) is 9.78 Å². The zero-order valence-corrected chi connectivity index (χ0v) is 27.6.